The van der Waals surface area contributed by atoms with Crippen molar-refractivity contribution in [1.29, 1.82) is 0 Å². The van der Waals surface area contributed by atoms with E-state index in [9.17, 15) is 0 Å². The van der Waals surface area contributed by atoms with Crippen LogP contribution in [0.2, 0.25) is 0 Å². The molecule has 0 fully saturated rings. The Morgan fingerprint density at radius 2 is 1.91 bits per heavy atom. The second-order valence-corrected chi connectivity index (χ2v) is 7.88. The van der Waals surface area contributed by atoms with Crippen LogP contribution < -0.4 is 17.3 Å². The van der Waals surface area contributed by atoms with E-state index in [1.54, 1.807) is 0 Å². The maximum absolute atomic E-state index is 3.63. The summed E-state index contributed by atoms with van der Waals surface area (Å²) in [6.45, 7) is 1.15. The van der Waals surface area contributed by atoms with Gasteiger partial charge in [-0.3, -0.25) is 0 Å². The zero-order chi connectivity index (χ0) is 15.5. The van der Waals surface area contributed by atoms with Crippen molar-refractivity contribution in [2.75, 3.05) is 20.6 Å². The molecule has 0 saturated carbocycles. The number of hydrogen-bond acceptors (Lipinski definition) is 1. The average molecular weight is 411 g/mol. The third kappa shape index (κ3) is 4.42. The molecule has 0 spiro atoms. The van der Waals surface area contributed by atoms with E-state index in [0.29, 0.717) is 0 Å². The van der Waals surface area contributed by atoms with Crippen LogP contribution in [-0.4, -0.2) is 20.6 Å². The third-order valence-corrected chi connectivity index (χ3v) is 5.53. The number of fused-ring (bicyclic) bond motifs is 2. The first-order valence-corrected chi connectivity index (χ1v) is 9.43. The van der Waals surface area contributed by atoms with Crippen molar-refractivity contribution in [3.05, 3.63) is 69.7 Å². The fraction of sp³-hybridized carbons (Fsp3) is 0.263. The van der Waals surface area contributed by atoms with Crippen molar-refractivity contribution in [3.63, 3.8) is 0 Å². The highest BCUT2D eigenvalue weighted by atomic mass is 79.9. The van der Waals surface area contributed by atoms with Gasteiger partial charge in [-0.15, -0.1) is 11.8 Å². The summed E-state index contributed by atoms with van der Waals surface area (Å²) in [5.74, 6) is 1.04. The third-order valence-electron chi connectivity index (χ3n) is 3.92. The van der Waals surface area contributed by atoms with Gasteiger partial charge in [-0.1, -0.05) is 46.3 Å². The van der Waals surface area contributed by atoms with Crippen LogP contribution in [0.1, 0.15) is 23.1 Å². The van der Waals surface area contributed by atoms with E-state index >= 15 is 0 Å². The first kappa shape index (κ1) is 18.6. The minimum atomic E-state index is 0. The lowest BCUT2D eigenvalue weighted by Gasteiger charge is -2.12. The summed E-state index contributed by atoms with van der Waals surface area (Å²) in [6, 6.07) is 15.5. The summed E-state index contributed by atoms with van der Waals surface area (Å²) in [5, 5.41) is 0. The molecule has 122 valence electrons. The van der Waals surface area contributed by atoms with Crippen LogP contribution >= 0.6 is 27.7 Å². The predicted molar refractivity (Wildman–Crippen MR) is 99.5 cm³/mol. The van der Waals surface area contributed by atoms with Gasteiger partial charge in [0.2, 0.25) is 0 Å². The molecule has 0 unspecified atom stereocenters. The van der Waals surface area contributed by atoms with Crippen LogP contribution in [-0.2, 0) is 5.75 Å². The highest BCUT2D eigenvalue weighted by molar-refractivity contribution is 9.10. The Morgan fingerprint density at radius 3 is 2.70 bits per heavy atom. The zero-order valence-electron chi connectivity index (χ0n) is 13.4. The number of quaternary nitrogens is 1. The minimum Gasteiger partial charge on any atom is -1.00 e. The van der Waals surface area contributed by atoms with Gasteiger partial charge >= 0.3 is 0 Å². The van der Waals surface area contributed by atoms with Gasteiger partial charge in [0.1, 0.15) is 0 Å². The smallest absolute Gasteiger partial charge is 0.0802 e. The summed E-state index contributed by atoms with van der Waals surface area (Å²) >= 11 is 5.57. The monoisotopic (exact) mass is 409 g/mol. The second kappa shape index (κ2) is 8.39. The number of nitrogens with one attached hydrogen (secondary N) is 1. The molecule has 0 radical (unpaired) electrons. The highest BCUT2D eigenvalue weighted by Crippen LogP contribution is 2.41. The van der Waals surface area contributed by atoms with Crippen molar-refractivity contribution in [2.24, 2.45) is 0 Å². The molecule has 2 aromatic carbocycles. The SMILES string of the molecule is C[NH+](C)CC/C=C1/c2ccccc2CSc2ccc(Br)cc21.[Cl-]. The molecule has 0 aromatic heterocycles. The first-order valence-electron chi connectivity index (χ1n) is 7.65. The number of benzene rings is 2. The highest BCUT2D eigenvalue weighted by Gasteiger charge is 2.18. The van der Waals surface area contributed by atoms with E-state index in [4.69, 9.17) is 0 Å². The van der Waals surface area contributed by atoms with Crippen molar-refractivity contribution in [2.45, 2.75) is 17.1 Å². The van der Waals surface area contributed by atoms with E-state index in [1.807, 2.05) is 11.8 Å². The Morgan fingerprint density at radius 1 is 1.13 bits per heavy atom. The zero-order valence-corrected chi connectivity index (χ0v) is 16.6. The van der Waals surface area contributed by atoms with Crippen molar-refractivity contribution >= 4 is 33.3 Å². The maximum Gasteiger partial charge on any atom is 0.0802 e. The molecule has 4 heteroatoms. The fourth-order valence-electron chi connectivity index (χ4n) is 2.77. The molecule has 0 atom stereocenters. The summed E-state index contributed by atoms with van der Waals surface area (Å²) in [6.07, 6.45) is 3.52. The summed E-state index contributed by atoms with van der Waals surface area (Å²) in [7, 11) is 4.42. The standard InChI is InChI=1S/C19H20BrNS.ClH/c1-21(2)11-5-8-17-16-7-4-3-6-14(16)13-22-19-10-9-15(20)12-18(17)19;/h3-4,6-10,12H,5,11,13H2,1-2H3;1H/b17-8-;. The van der Waals surface area contributed by atoms with Gasteiger partial charge in [-0.25, -0.2) is 0 Å². The van der Waals surface area contributed by atoms with E-state index in [2.05, 4.69) is 78.6 Å². The van der Waals surface area contributed by atoms with Crippen LogP contribution in [0.5, 0.6) is 0 Å². The van der Waals surface area contributed by atoms with E-state index < -0.39 is 0 Å². The number of rotatable bonds is 3. The Kier molecular flexibility index (Phi) is 6.78. The molecule has 0 amide bonds. The Hall–Kier alpha value is -0.740. The molecule has 1 N–H and O–H groups in total. The molecule has 1 heterocycles. The van der Waals surface area contributed by atoms with Gasteiger partial charge in [-0.05, 0) is 40.5 Å². The Bertz CT molecular complexity index is 712. The Balaban J connectivity index is 0.00000192. The van der Waals surface area contributed by atoms with Crippen LogP contribution in [0.3, 0.4) is 0 Å². The first-order chi connectivity index (χ1) is 10.6. The van der Waals surface area contributed by atoms with Crippen LogP contribution in [0, 0.1) is 0 Å². The maximum atomic E-state index is 3.63. The fourth-order valence-corrected chi connectivity index (χ4v) is 4.19. The molecule has 2 aromatic rings. The molecular weight excluding hydrogens is 390 g/mol. The normalized spacial score (nSPS) is 14.9. The van der Waals surface area contributed by atoms with Crippen LogP contribution in [0.4, 0.5) is 0 Å². The van der Waals surface area contributed by atoms with Crippen molar-refractivity contribution in [1.82, 2.24) is 0 Å². The molecule has 1 aliphatic heterocycles. The van der Waals surface area contributed by atoms with Gasteiger partial charge in [0.25, 0.3) is 0 Å². The summed E-state index contributed by atoms with van der Waals surface area (Å²) in [4.78, 5) is 2.87. The van der Waals surface area contributed by atoms with Gasteiger partial charge < -0.3 is 17.3 Å². The quantitative estimate of drug-likeness (QED) is 0.792. The number of thioether (sulfide) groups is 1. The molecule has 23 heavy (non-hydrogen) atoms. The lowest BCUT2D eigenvalue weighted by molar-refractivity contribution is -0.857. The molecular formula is C19H21BrClNS. The second-order valence-electron chi connectivity index (χ2n) is 5.95. The van der Waals surface area contributed by atoms with Crippen molar-refractivity contribution < 1.29 is 17.3 Å². The van der Waals surface area contributed by atoms with Gasteiger partial charge in [0.15, 0.2) is 0 Å². The van der Waals surface area contributed by atoms with Crippen LogP contribution in [0.15, 0.2) is 57.9 Å². The lowest BCUT2D eigenvalue weighted by Crippen LogP contribution is -3.05. The lowest BCUT2D eigenvalue weighted by atomic mass is 9.93. The minimum absolute atomic E-state index is 0. The largest absolute Gasteiger partial charge is 1.00 e. The van der Waals surface area contributed by atoms with Gasteiger partial charge in [0.05, 0.1) is 20.6 Å². The Labute approximate surface area is 157 Å². The van der Waals surface area contributed by atoms with E-state index in [0.717, 1.165) is 23.2 Å². The van der Waals surface area contributed by atoms with E-state index in [-0.39, 0.29) is 12.4 Å². The van der Waals surface area contributed by atoms with Gasteiger partial charge in [0, 0.05) is 21.5 Å². The number of halogens is 2. The summed E-state index contributed by atoms with van der Waals surface area (Å²) < 4.78 is 1.15. The molecule has 3 rings (SSSR count). The summed E-state index contributed by atoms with van der Waals surface area (Å²) in [5.41, 5.74) is 5.57. The van der Waals surface area contributed by atoms with E-state index in [1.165, 1.54) is 32.1 Å². The molecule has 0 saturated heterocycles. The predicted octanol–water partition coefficient (Wildman–Crippen LogP) is 1.03. The molecule has 0 aliphatic carbocycles. The molecule has 1 nitrogen and oxygen atoms in total. The van der Waals surface area contributed by atoms with Crippen molar-refractivity contribution in [3.8, 4) is 0 Å². The molecule has 0 bridgehead atoms. The topological polar surface area (TPSA) is 4.44 Å². The number of hydrogen-bond donors (Lipinski definition) is 1. The van der Waals surface area contributed by atoms with Crippen LogP contribution in [0.25, 0.3) is 5.57 Å². The van der Waals surface area contributed by atoms with Gasteiger partial charge in [-0.2, -0.15) is 0 Å². The average Bonchev–Trinajstić information content (AvgIpc) is 2.65. The molecule has 1 aliphatic rings.